The Bertz CT molecular complexity index is 376. The average Bonchev–Trinajstić information content (AvgIpc) is 2.20. The first kappa shape index (κ1) is 12.5. The topological polar surface area (TPSA) is 17.1 Å². The summed E-state index contributed by atoms with van der Waals surface area (Å²) in [4.78, 5) is 9.87. The number of carbonyl (C=O) groups excluding carboxylic acids is 1. The van der Waals surface area contributed by atoms with Gasteiger partial charge in [-0.25, -0.2) is 13.2 Å². The lowest BCUT2D eigenvalue weighted by Gasteiger charge is -1.99. The predicted octanol–water partition coefficient (Wildman–Crippen LogP) is 3.40. The van der Waals surface area contributed by atoms with Crippen LogP contribution in [0.15, 0.2) is 18.2 Å². The van der Waals surface area contributed by atoms with E-state index in [0.717, 1.165) is 0 Å². The number of benzene rings is 1. The summed E-state index contributed by atoms with van der Waals surface area (Å²) in [6, 6.07) is 1.25. The molecule has 0 N–H and O–H groups in total. The third kappa shape index (κ3) is 3.53. The minimum Gasteiger partial charge on any atom is -0.291 e. The van der Waals surface area contributed by atoms with Crippen molar-refractivity contribution in [2.45, 2.75) is 19.3 Å². The standard InChI is InChI=1S/C12H10F3O/c13-9-7-11(14)10(12(15)8-9)5-3-1-2-4-6-16/h3,5,7-8H,1-2,4H2. The van der Waals surface area contributed by atoms with Crippen molar-refractivity contribution < 1.29 is 18.0 Å². The van der Waals surface area contributed by atoms with Gasteiger partial charge in [0, 0.05) is 24.1 Å². The van der Waals surface area contributed by atoms with Crippen LogP contribution in [0.5, 0.6) is 0 Å². The van der Waals surface area contributed by atoms with E-state index in [4.69, 9.17) is 0 Å². The zero-order chi connectivity index (χ0) is 12.0. The summed E-state index contributed by atoms with van der Waals surface area (Å²) < 4.78 is 38.7. The number of hydrogen-bond acceptors (Lipinski definition) is 1. The maximum atomic E-state index is 13.1. The van der Waals surface area contributed by atoms with Gasteiger partial charge in [-0.3, -0.25) is 4.79 Å². The zero-order valence-electron chi connectivity index (χ0n) is 8.47. The van der Waals surface area contributed by atoms with Gasteiger partial charge in [0.15, 0.2) is 6.29 Å². The van der Waals surface area contributed by atoms with Gasteiger partial charge in [0.1, 0.15) is 17.5 Å². The largest absolute Gasteiger partial charge is 0.291 e. The fraction of sp³-hybridized carbons (Fsp3) is 0.250. The van der Waals surface area contributed by atoms with E-state index >= 15 is 0 Å². The van der Waals surface area contributed by atoms with Gasteiger partial charge in [-0.15, -0.1) is 0 Å². The van der Waals surface area contributed by atoms with Crippen molar-refractivity contribution in [2.24, 2.45) is 0 Å². The summed E-state index contributed by atoms with van der Waals surface area (Å²) in [6.45, 7) is 0. The first-order valence-corrected chi connectivity index (χ1v) is 4.81. The lowest BCUT2D eigenvalue weighted by molar-refractivity contribution is 0.540. The maximum absolute atomic E-state index is 13.1. The second kappa shape index (κ2) is 6.10. The lowest BCUT2D eigenvalue weighted by Crippen LogP contribution is -1.90. The minimum absolute atomic E-state index is 0.267. The Hall–Kier alpha value is -1.58. The van der Waals surface area contributed by atoms with Gasteiger partial charge >= 0.3 is 0 Å². The molecule has 1 aromatic carbocycles. The molecule has 4 heteroatoms. The molecule has 0 heterocycles. The molecule has 0 atom stereocenters. The third-order valence-electron chi connectivity index (χ3n) is 1.98. The number of hydrogen-bond donors (Lipinski definition) is 0. The molecular weight excluding hydrogens is 217 g/mol. The summed E-state index contributed by atoms with van der Waals surface area (Å²) in [7, 11) is 0. The van der Waals surface area contributed by atoms with E-state index < -0.39 is 17.5 Å². The van der Waals surface area contributed by atoms with Crippen molar-refractivity contribution in [3.8, 4) is 0 Å². The molecule has 0 aromatic heterocycles. The highest BCUT2D eigenvalue weighted by Gasteiger charge is 2.07. The van der Waals surface area contributed by atoms with Crippen LogP contribution in [-0.4, -0.2) is 6.29 Å². The molecule has 0 aliphatic heterocycles. The highest BCUT2D eigenvalue weighted by Crippen LogP contribution is 2.16. The lowest BCUT2D eigenvalue weighted by atomic mass is 10.1. The monoisotopic (exact) mass is 227 g/mol. The Morgan fingerprint density at radius 3 is 2.38 bits per heavy atom. The normalized spacial score (nSPS) is 10.9. The molecule has 16 heavy (non-hydrogen) atoms. The minimum atomic E-state index is -0.942. The van der Waals surface area contributed by atoms with Gasteiger partial charge in [0.25, 0.3) is 0 Å². The summed E-state index contributed by atoms with van der Waals surface area (Å²) >= 11 is 0. The number of unbranched alkanes of at least 4 members (excludes halogenated alkanes) is 2. The second-order valence-corrected chi connectivity index (χ2v) is 3.22. The fourth-order valence-electron chi connectivity index (χ4n) is 1.21. The van der Waals surface area contributed by atoms with Gasteiger partial charge in [0.2, 0.25) is 0 Å². The van der Waals surface area contributed by atoms with Crippen LogP contribution in [0.1, 0.15) is 24.8 Å². The summed E-state index contributed by atoms with van der Waals surface area (Å²) in [5, 5.41) is 0. The van der Waals surface area contributed by atoms with Crippen LogP contribution in [0.2, 0.25) is 0 Å². The van der Waals surface area contributed by atoms with Crippen LogP contribution in [0.4, 0.5) is 13.2 Å². The van der Waals surface area contributed by atoms with Crippen LogP contribution in [-0.2, 0) is 4.79 Å². The van der Waals surface area contributed by atoms with Gasteiger partial charge in [-0.2, -0.15) is 0 Å². The zero-order valence-corrected chi connectivity index (χ0v) is 8.47. The van der Waals surface area contributed by atoms with Crippen molar-refractivity contribution in [1.82, 2.24) is 0 Å². The summed E-state index contributed by atoms with van der Waals surface area (Å²) in [5.74, 6) is -2.81. The summed E-state index contributed by atoms with van der Waals surface area (Å²) in [6.07, 6.45) is 5.88. The Kier molecular flexibility index (Phi) is 4.76. The van der Waals surface area contributed by atoms with E-state index in [0.29, 0.717) is 31.4 Å². The number of rotatable bonds is 5. The van der Waals surface area contributed by atoms with Gasteiger partial charge in [-0.05, 0) is 12.8 Å². The van der Waals surface area contributed by atoms with Crippen molar-refractivity contribution in [2.75, 3.05) is 0 Å². The van der Waals surface area contributed by atoms with Crippen molar-refractivity contribution in [3.63, 3.8) is 0 Å². The molecule has 0 fully saturated rings. The highest BCUT2D eigenvalue weighted by molar-refractivity contribution is 5.51. The smallest absolute Gasteiger partial charge is 0.198 e. The first-order valence-electron chi connectivity index (χ1n) is 4.81. The van der Waals surface area contributed by atoms with E-state index in [1.54, 1.807) is 6.29 Å². The van der Waals surface area contributed by atoms with Crippen LogP contribution in [0.3, 0.4) is 0 Å². The molecule has 0 aliphatic rings. The Morgan fingerprint density at radius 1 is 1.19 bits per heavy atom. The average molecular weight is 227 g/mol. The van der Waals surface area contributed by atoms with Crippen molar-refractivity contribution in [3.05, 3.63) is 41.2 Å². The van der Waals surface area contributed by atoms with Gasteiger partial charge in [-0.1, -0.05) is 12.2 Å². The molecule has 0 bridgehead atoms. The molecule has 0 saturated heterocycles. The molecule has 0 unspecified atom stereocenters. The van der Waals surface area contributed by atoms with E-state index in [1.807, 2.05) is 0 Å². The SMILES string of the molecule is O=[C]CCCC=Cc1c(F)cc(F)cc1F. The molecule has 85 valence electrons. The molecule has 1 rings (SSSR count). The van der Waals surface area contributed by atoms with E-state index in [9.17, 15) is 18.0 Å². The third-order valence-corrected chi connectivity index (χ3v) is 1.98. The Balaban J connectivity index is 2.69. The van der Waals surface area contributed by atoms with E-state index in [-0.39, 0.29) is 5.56 Å². The van der Waals surface area contributed by atoms with E-state index in [1.165, 1.54) is 12.2 Å². The van der Waals surface area contributed by atoms with Crippen LogP contribution >= 0.6 is 0 Å². The predicted molar refractivity (Wildman–Crippen MR) is 54.9 cm³/mol. The highest BCUT2D eigenvalue weighted by atomic mass is 19.1. The quantitative estimate of drug-likeness (QED) is 0.704. The van der Waals surface area contributed by atoms with Crippen molar-refractivity contribution in [1.29, 1.82) is 0 Å². The first-order chi connectivity index (χ1) is 7.65. The molecule has 1 aromatic rings. The number of halogens is 3. The van der Waals surface area contributed by atoms with E-state index in [2.05, 4.69) is 0 Å². The van der Waals surface area contributed by atoms with Crippen molar-refractivity contribution >= 4 is 12.4 Å². The second-order valence-electron chi connectivity index (χ2n) is 3.22. The molecular formula is C12H10F3O. The fourth-order valence-corrected chi connectivity index (χ4v) is 1.21. The molecule has 1 nitrogen and oxygen atoms in total. The summed E-state index contributed by atoms with van der Waals surface area (Å²) in [5.41, 5.74) is -0.267. The van der Waals surface area contributed by atoms with Crippen LogP contribution in [0, 0.1) is 17.5 Å². The Morgan fingerprint density at radius 2 is 1.81 bits per heavy atom. The van der Waals surface area contributed by atoms with Gasteiger partial charge in [0.05, 0.1) is 0 Å². The molecule has 0 amide bonds. The maximum Gasteiger partial charge on any atom is 0.198 e. The van der Waals surface area contributed by atoms with Gasteiger partial charge < -0.3 is 0 Å². The van der Waals surface area contributed by atoms with Crippen LogP contribution < -0.4 is 0 Å². The molecule has 0 aliphatic carbocycles. The number of allylic oxidation sites excluding steroid dienone is 1. The molecule has 0 spiro atoms. The molecule has 1 radical (unpaired) electrons. The van der Waals surface area contributed by atoms with Crippen LogP contribution in [0.25, 0.3) is 6.08 Å². The Labute approximate surface area is 91.6 Å². The molecule has 0 saturated carbocycles.